The van der Waals surface area contributed by atoms with Gasteiger partial charge >= 0.3 is 0 Å². The molecule has 0 amide bonds. The van der Waals surface area contributed by atoms with Crippen LogP contribution in [0.15, 0.2) is 48.5 Å². The first-order valence-corrected chi connectivity index (χ1v) is 12.9. The summed E-state index contributed by atoms with van der Waals surface area (Å²) in [6, 6.07) is 17.1. The largest absolute Gasteiger partial charge is 0.489 e. The number of hydrogen-bond acceptors (Lipinski definition) is 5. The topological polar surface area (TPSA) is 46.2 Å². The Kier molecular flexibility index (Phi) is 7.33. The van der Waals surface area contributed by atoms with Crippen molar-refractivity contribution in [2.45, 2.75) is 59.5 Å². The molecule has 2 aliphatic rings. The summed E-state index contributed by atoms with van der Waals surface area (Å²) in [7, 11) is 0. The number of ether oxygens (including phenoxy) is 5. The van der Waals surface area contributed by atoms with Crippen LogP contribution in [0.4, 0.5) is 0 Å². The molecule has 0 aliphatic carbocycles. The van der Waals surface area contributed by atoms with E-state index in [4.69, 9.17) is 23.7 Å². The third-order valence-corrected chi connectivity index (χ3v) is 7.14. The molecule has 3 aromatic carbocycles. The molecule has 2 aliphatic heterocycles. The van der Waals surface area contributed by atoms with Crippen LogP contribution in [-0.2, 0) is 40.5 Å². The highest BCUT2D eigenvalue weighted by Crippen LogP contribution is 2.43. The zero-order valence-electron chi connectivity index (χ0n) is 21.8. The molecule has 0 aromatic heterocycles. The van der Waals surface area contributed by atoms with Gasteiger partial charge in [-0.2, -0.15) is 0 Å². The van der Waals surface area contributed by atoms with Crippen LogP contribution in [-0.4, -0.2) is 32.0 Å². The summed E-state index contributed by atoms with van der Waals surface area (Å²) in [4.78, 5) is 0. The van der Waals surface area contributed by atoms with E-state index in [0.29, 0.717) is 46.2 Å². The predicted octanol–water partition coefficient (Wildman–Crippen LogP) is 6.33. The van der Waals surface area contributed by atoms with E-state index in [2.05, 4.69) is 56.3 Å². The minimum absolute atomic E-state index is 0.471. The normalized spacial score (nSPS) is 15.4. The SMILES string of the molecule is CCOCC1(COCC)Cc2c(cc(C)c(-c3cccc(COc4ccc5c(c4)COC5)c3)c2C)O1. The van der Waals surface area contributed by atoms with Gasteiger partial charge in [0, 0.05) is 25.2 Å². The molecule has 0 fully saturated rings. The average molecular weight is 489 g/mol. The summed E-state index contributed by atoms with van der Waals surface area (Å²) in [5, 5.41) is 0. The lowest BCUT2D eigenvalue weighted by Crippen LogP contribution is -2.44. The molecule has 190 valence electrons. The Bertz CT molecular complexity index is 1220. The van der Waals surface area contributed by atoms with Gasteiger partial charge in [0.15, 0.2) is 5.60 Å². The van der Waals surface area contributed by atoms with Crippen molar-refractivity contribution in [1.29, 1.82) is 0 Å². The standard InChI is InChI=1S/C31H36O5/c1-5-32-19-31(20-33-6-2)15-28-22(4)30(21(3)12-29(28)36-31)24-9-7-8-23(13-24)16-35-27-11-10-25-17-34-18-26(25)14-27/h7-14H,5-6,15-20H2,1-4H3. The van der Waals surface area contributed by atoms with Crippen LogP contribution in [0.5, 0.6) is 11.5 Å². The quantitative estimate of drug-likeness (QED) is 0.334. The second-order valence-corrected chi connectivity index (χ2v) is 9.82. The minimum atomic E-state index is -0.471. The van der Waals surface area contributed by atoms with Gasteiger partial charge in [-0.3, -0.25) is 0 Å². The number of aryl methyl sites for hydroxylation is 1. The molecule has 0 atom stereocenters. The van der Waals surface area contributed by atoms with E-state index in [9.17, 15) is 0 Å². The van der Waals surface area contributed by atoms with Crippen molar-refractivity contribution in [1.82, 2.24) is 0 Å². The Balaban J connectivity index is 1.38. The van der Waals surface area contributed by atoms with Crippen molar-refractivity contribution < 1.29 is 23.7 Å². The number of fused-ring (bicyclic) bond motifs is 2. The Morgan fingerprint density at radius 3 is 2.44 bits per heavy atom. The fraction of sp³-hybridized carbons (Fsp3) is 0.419. The molecular formula is C31H36O5. The number of rotatable bonds is 10. The van der Waals surface area contributed by atoms with Crippen molar-refractivity contribution >= 4 is 0 Å². The summed E-state index contributed by atoms with van der Waals surface area (Å²) < 4.78 is 29.8. The predicted molar refractivity (Wildman–Crippen MR) is 141 cm³/mol. The fourth-order valence-corrected chi connectivity index (χ4v) is 5.33. The Morgan fingerprint density at radius 1 is 0.889 bits per heavy atom. The first-order valence-electron chi connectivity index (χ1n) is 12.9. The van der Waals surface area contributed by atoms with E-state index < -0.39 is 5.60 Å². The molecule has 0 radical (unpaired) electrons. The van der Waals surface area contributed by atoms with Crippen molar-refractivity contribution in [3.05, 3.63) is 81.9 Å². The van der Waals surface area contributed by atoms with Crippen LogP contribution in [0.2, 0.25) is 0 Å². The van der Waals surface area contributed by atoms with Crippen LogP contribution >= 0.6 is 0 Å². The van der Waals surface area contributed by atoms with Crippen LogP contribution in [0.1, 0.15) is 47.2 Å². The van der Waals surface area contributed by atoms with Gasteiger partial charge in [0.2, 0.25) is 0 Å². The lowest BCUT2D eigenvalue weighted by Gasteiger charge is -2.28. The molecule has 3 aromatic rings. The van der Waals surface area contributed by atoms with Gasteiger partial charge < -0.3 is 23.7 Å². The molecule has 0 N–H and O–H groups in total. The van der Waals surface area contributed by atoms with Gasteiger partial charge in [-0.15, -0.1) is 0 Å². The van der Waals surface area contributed by atoms with Gasteiger partial charge in [0.25, 0.3) is 0 Å². The second kappa shape index (κ2) is 10.6. The Hall–Kier alpha value is -2.86. The third-order valence-electron chi connectivity index (χ3n) is 7.14. The zero-order valence-corrected chi connectivity index (χ0v) is 21.8. The molecule has 0 bridgehead atoms. The van der Waals surface area contributed by atoms with Crippen molar-refractivity contribution in [3.8, 4) is 22.6 Å². The monoisotopic (exact) mass is 488 g/mol. The van der Waals surface area contributed by atoms with E-state index in [1.807, 2.05) is 19.9 Å². The molecule has 36 heavy (non-hydrogen) atoms. The molecule has 2 heterocycles. The van der Waals surface area contributed by atoms with Crippen LogP contribution in [0.25, 0.3) is 11.1 Å². The smallest absolute Gasteiger partial charge is 0.159 e. The zero-order chi connectivity index (χ0) is 25.1. The molecule has 0 saturated carbocycles. The average Bonchev–Trinajstić information content (AvgIpc) is 3.50. The van der Waals surface area contributed by atoms with Crippen molar-refractivity contribution in [2.75, 3.05) is 26.4 Å². The number of hydrogen-bond donors (Lipinski definition) is 0. The van der Waals surface area contributed by atoms with Crippen LogP contribution in [0, 0.1) is 13.8 Å². The van der Waals surface area contributed by atoms with Crippen molar-refractivity contribution in [2.24, 2.45) is 0 Å². The van der Waals surface area contributed by atoms with E-state index in [1.165, 1.54) is 38.9 Å². The molecule has 0 spiro atoms. The van der Waals surface area contributed by atoms with Gasteiger partial charge in [-0.25, -0.2) is 0 Å². The van der Waals surface area contributed by atoms with Gasteiger partial charge in [-0.1, -0.05) is 24.3 Å². The molecule has 0 saturated heterocycles. The fourth-order valence-electron chi connectivity index (χ4n) is 5.33. The van der Waals surface area contributed by atoms with E-state index in [1.54, 1.807) is 0 Å². The highest BCUT2D eigenvalue weighted by molar-refractivity contribution is 5.75. The summed E-state index contributed by atoms with van der Waals surface area (Å²) >= 11 is 0. The Morgan fingerprint density at radius 2 is 1.67 bits per heavy atom. The maximum absolute atomic E-state index is 6.52. The molecule has 5 nitrogen and oxygen atoms in total. The van der Waals surface area contributed by atoms with E-state index >= 15 is 0 Å². The van der Waals surface area contributed by atoms with Gasteiger partial charge in [0.05, 0.1) is 26.4 Å². The summed E-state index contributed by atoms with van der Waals surface area (Å²) in [6.07, 6.45) is 0.784. The maximum atomic E-state index is 6.52. The Labute approximate surface area is 214 Å². The maximum Gasteiger partial charge on any atom is 0.159 e. The molecule has 5 heteroatoms. The van der Waals surface area contributed by atoms with Gasteiger partial charge in [0.1, 0.15) is 18.1 Å². The summed E-state index contributed by atoms with van der Waals surface area (Å²) in [6.45, 7) is 12.6. The van der Waals surface area contributed by atoms with Gasteiger partial charge in [-0.05, 0) is 90.9 Å². The summed E-state index contributed by atoms with van der Waals surface area (Å²) in [5.74, 6) is 1.83. The first kappa shape index (κ1) is 24.8. The molecule has 0 unspecified atom stereocenters. The van der Waals surface area contributed by atoms with Crippen LogP contribution < -0.4 is 9.47 Å². The molecular weight excluding hydrogens is 452 g/mol. The summed E-state index contributed by atoms with van der Waals surface area (Å²) in [5.41, 5.74) is 9.31. The number of benzene rings is 3. The van der Waals surface area contributed by atoms with Crippen LogP contribution in [0.3, 0.4) is 0 Å². The molecule has 5 rings (SSSR count). The minimum Gasteiger partial charge on any atom is -0.489 e. The van der Waals surface area contributed by atoms with E-state index in [0.717, 1.165) is 23.5 Å². The highest BCUT2D eigenvalue weighted by atomic mass is 16.6. The second-order valence-electron chi connectivity index (χ2n) is 9.82. The van der Waals surface area contributed by atoms with Crippen molar-refractivity contribution in [3.63, 3.8) is 0 Å². The third kappa shape index (κ3) is 5.01. The lowest BCUT2D eigenvalue weighted by molar-refractivity contribution is -0.0632. The van der Waals surface area contributed by atoms with E-state index in [-0.39, 0.29) is 0 Å². The lowest BCUT2D eigenvalue weighted by atomic mass is 9.88. The first-order chi connectivity index (χ1) is 17.5. The highest BCUT2D eigenvalue weighted by Gasteiger charge is 2.41.